The topological polar surface area (TPSA) is 84.1 Å². The predicted molar refractivity (Wildman–Crippen MR) is 168 cm³/mol. The van der Waals surface area contributed by atoms with Gasteiger partial charge in [-0.15, -0.1) is 0 Å². The van der Waals surface area contributed by atoms with Crippen LogP contribution in [-0.4, -0.2) is 60.6 Å². The Morgan fingerprint density at radius 2 is 1.10 bits per heavy atom. The van der Waals surface area contributed by atoms with Crippen LogP contribution in [0.5, 0.6) is 0 Å². The largest absolute Gasteiger partial charge is 0.478 e. The molecule has 1 fully saturated rings. The zero-order chi connectivity index (χ0) is 30.7. The molecule has 0 unspecified atom stereocenters. The highest BCUT2D eigenvalue weighted by atomic mass is 16.4. The van der Waals surface area contributed by atoms with Crippen molar-refractivity contribution in [1.82, 2.24) is 0 Å². The molecular weight excluding hydrogens is 526 g/mol. The molecule has 0 amide bonds. The molecule has 1 saturated carbocycles. The Labute approximate surface area is 248 Å². The Morgan fingerprint density at radius 3 is 1.43 bits per heavy atom. The van der Waals surface area contributed by atoms with E-state index in [0.29, 0.717) is 11.1 Å². The molecule has 1 aliphatic carbocycles. The molecule has 0 spiro atoms. The third-order valence-corrected chi connectivity index (χ3v) is 9.16. The third-order valence-electron chi connectivity index (χ3n) is 9.16. The summed E-state index contributed by atoms with van der Waals surface area (Å²) in [7, 11) is 8.23. The van der Waals surface area contributed by atoms with Crippen molar-refractivity contribution in [1.29, 1.82) is 0 Å². The van der Waals surface area contributed by atoms with Crippen LogP contribution in [0.15, 0.2) is 83.2 Å². The maximum Gasteiger partial charge on any atom is 0.335 e. The van der Waals surface area contributed by atoms with Crippen molar-refractivity contribution in [2.24, 2.45) is 0 Å². The number of fused-ring (bicyclic) bond motifs is 2. The van der Waals surface area contributed by atoms with E-state index in [1.165, 1.54) is 16.9 Å². The van der Waals surface area contributed by atoms with Crippen LogP contribution < -0.4 is 9.80 Å². The van der Waals surface area contributed by atoms with Crippen LogP contribution in [0.2, 0.25) is 0 Å². The van der Waals surface area contributed by atoms with Crippen LogP contribution in [0.25, 0.3) is 0 Å². The maximum atomic E-state index is 11.6. The number of aromatic carboxylic acids is 2. The molecule has 2 aromatic rings. The smallest absolute Gasteiger partial charge is 0.335 e. The van der Waals surface area contributed by atoms with Gasteiger partial charge in [0.2, 0.25) is 5.71 Å². The van der Waals surface area contributed by atoms with E-state index < -0.39 is 11.9 Å². The summed E-state index contributed by atoms with van der Waals surface area (Å²) in [5.74, 6) is -1.83. The lowest BCUT2D eigenvalue weighted by molar-refractivity contribution is -0.463. The monoisotopic (exact) mass is 566 g/mol. The van der Waals surface area contributed by atoms with Gasteiger partial charge in [-0.25, -0.2) is 14.2 Å². The Hall–Kier alpha value is -4.39. The zero-order valence-electron chi connectivity index (χ0n) is 25.7. The molecule has 2 aromatic carbocycles. The van der Waals surface area contributed by atoms with Crippen molar-refractivity contribution >= 4 is 29.0 Å². The van der Waals surface area contributed by atoms with Gasteiger partial charge in [0, 0.05) is 58.8 Å². The van der Waals surface area contributed by atoms with Crippen LogP contribution in [0, 0.1) is 0 Å². The van der Waals surface area contributed by atoms with Crippen LogP contribution in [-0.2, 0) is 10.8 Å². The molecule has 7 nitrogen and oxygen atoms in total. The molecule has 0 radical (unpaired) electrons. The molecule has 3 aliphatic rings. The van der Waals surface area contributed by atoms with E-state index in [-0.39, 0.29) is 10.8 Å². The number of rotatable bonds is 4. The summed E-state index contributed by atoms with van der Waals surface area (Å²) in [4.78, 5) is 27.5. The molecule has 2 heterocycles. The minimum absolute atomic E-state index is 0.305. The lowest BCUT2D eigenvalue weighted by atomic mass is 9.83. The number of nitrogens with zero attached hydrogens (tertiary/aromatic N) is 3. The average molecular weight is 567 g/mol. The number of anilines is 2. The van der Waals surface area contributed by atoms with Crippen LogP contribution >= 0.6 is 0 Å². The standard InChI is InChI=1S/C35H39N3O4/c1-34(2)25-19-23(32(39)40)11-15-27(25)37(7)29(34)17-13-21-9-10-22(31(21)36(5)6)14-18-30-35(3,4)26-20-24(33(41)42)12-16-28(26)38(30)8/h11-20H,9-10H2,1-8H3,(H-,39,40,41,42)/p+1. The molecule has 0 bridgehead atoms. The Balaban J connectivity index is 1.48. The van der Waals surface area contributed by atoms with Gasteiger partial charge in [-0.1, -0.05) is 39.8 Å². The number of benzene rings is 2. The molecule has 0 atom stereocenters. The molecular formula is C35H40N3O4+. The lowest BCUT2D eigenvalue weighted by Crippen LogP contribution is -2.23. The maximum absolute atomic E-state index is 11.6. The van der Waals surface area contributed by atoms with Crippen LogP contribution in [0.1, 0.15) is 72.4 Å². The van der Waals surface area contributed by atoms with Crippen LogP contribution in [0.4, 0.5) is 11.4 Å². The number of carboxylic acids is 2. The number of likely N-dealkylation sites (N-methyl/N-ethyl adjacent to an activating group) is 2. The summed E-state index contributed by atoms with van der Waals surface area (Å²) in [6.07, 6.45) is 10.7. The molecule has 2 N–H and O–H groups in total. The zero-order valence-corrected chi connectivity index (χ0v) is 25.7. The summed E-state index contributed by atoms with van der Waals surface area (Å²) < 4.78 is 2.18. The molecule has 7 heteroatoms. The normalized spacial score (nSPS) is 22.4. The van der Waals surface area contributed by atoms with E-state index in [4.69, 9.17) is 0 Å². The lowest BCUT2D eigenvalue weighted by Gasteiger charge is -2.24. The Kier molecular flexibility index (Phi) is 7.04. The quantitative estimate of drug-likeness (QED) is 0.419. The van der Waals surface area contributed by atoms with Crippen molar-refractivity contribution in [2.75, 3.05) is 38.0 Å². The van der Waals surface area contributed by atoms with Crippen LogP contribution in [0.3, 0.4) is 0 Å². The fourth-order valence-corrected chi connectivity index (χ4v) is 6.91. The van der Waals surface area contributed by atoms with E-state index in [9.17, 15) is 19.8 Å². The molecule has 2 aliphatic heterocycles. The fourth-order valence-electron chi connectivity index (χ4n) is 6.91. The number of hydrogen-bond acceptors (Lipinski definition) is 4. The first-order chi connectivity index (χ1) is 19.7. The van der Waals surface area contributed by atoms with Gasteiger partial charge in [0.25, 0.3) is 0 Å². The predicted octanol–water partition coefficient (Wildman–Crippen LogP) is 6.37. The minimum Gasteiger partial charge on any atom is -0.478 e. The molecule has 0 aromatic heterocycles. The average Bonchev–Trinajstić information content (AvgIpc) is 3.48. The van der Waals surface area contributed by atoms with E-state index >= 15 is 0 Å². The summed E-state index contributed by atoms with van der Waals surface area (Å²) in [6, 6.07) is 10.7. The van der Waals surface area contributed by atoms with Gasteiger partial charge in [0.05, 0.1) is 11.1 Å². The minimum atomic E-state index is -0.914. The molecule has 218 valence electrons. The second-order valence-corrected chi connectivity index (χ2v) is 12.7. The third kappa shape index (κ3) is 4.57. The fraction of sp³-hybridized carbons (Fsp3) is 0.343. The van der Waals surface area contributed by atoms with Gasteiger partial charge in [0.15, 0.2) is 0 Å². The highest BCUT2D eigenvalue weighted by Crippen LogP contribution is 2.48. The molecule has 5 rings (SSSR count). The van der Waals surface area contributed by atoms with Crippen molar-refractivity contribution in [3.05, 3.63) is 105 Å². The second-order valence-electron chi connectivity index (χ2n) is 12.7. The number of carboxylic acid groups (broad SMARTS) is 2. The van der Waals surface area contributed by atoms with Crippen molar-refractivity contribution in [3.63, 3.8) is 0 Å². The van der Waals surface area contributed by atoms with Gasteiger partial charge in [0.1, 0.15) is 14.1 Å². The van der Waals surface area contributed by atoms with Crippen molar-refractivity contribution < 1.29 is 24.4 Å². The number of hydrogen-bond donors (Lipinski definition) is 2. The summed E-state index contributed by atoms with van der Waals surface area (Å²) in [5, 5.41) is 19.1. The summed E-state index contributed by atoms with van der Waals surface area (Å²) >= 11 is 0. The SMILES string of the molecule is CN1C(=CC=C2CCC(=C/C=C3/N(C)c4ccc(C(=O)O)cc4C3(C)C)C2=[N+](C)C)C(C)(C)c2cc(C(=O)O)ccc21. The number of carbonyl (C=O) groups is 2. The first-order valence-corrected chi connectivity index (χ1v) is 14.3. The summed E-state index contributed by atoms with van der Waals surface area (Å²) in [6.45, 7) is 8.58. The van der Waals surface area contributed by atoms with E-state index in [1.807, 2.05) is 26.2 Å². The van der Waals surface area contributed by atoms with Gasteiger partial charge in [-0.2, -0.15) is 0 Å². The van der Waals surface area contributed by atoms with Gasteiger partial charge in [-0.3, -0.25) is 0 Å². The van der Waals surface area contributed by atoms with E-state index in [1.54, 1.807) is 24.3 Å². The number of allylic oxidation sites excluding steroid dienone is 8. The van der Waals surface area contributed by atoms with E-state index in [0.717, 1.165) is 46.7 Å². The molecule has 0 saturated heterocycles. The Bertz CT molecular complexity index is 1560. The van der Waals surface area contributed by atoms with Gasteiger partial charge in [-0.05, 0) is 72.5 Å². The van der Waals surface area contributed by atoms with Crippen molar-refractivity contribution in [2.45, 2.75) is 51.4 Å². The Morgan fingerprint density at radius 1 is 0.714 bits per heavy atom. The first-order valence-electron chi connectivity index (χ1n) is 14.3. The highest BCUT2D eigenvalue weighted by molar-refractivity contribution is 6.12. The molecule has 42 heavy (non-hydrogen) atoms. The van der Waals surface area contributed by atoms with Crippen molar-refractivity contribution in [3.8, 4) is 0 Å². The second kappa shape index (κ2) is 10.2. The van der Waals surface area contributed by atoms with Gasteiger partial charge < -0.3 is 20.0 Å². The summed E-state index contributed by atoms with van der Waals surface area (Å²) in [5.41, 5.74) is 10.0. The van der Waals surface area contributed by atoms with Gasteiger partial charge >= 0.3 is 11.9 Å². The first kappa shape index (κ1) is 29.1. The van der Waals surface area contributed by atoms with E-state index in [2.05, 4.69) is 80.5 Å². The highest BCUT2D eigenvalue weighted by Gasteiger charge is 2.40.